The Balaban J connectivity index is 2.87. The SMILES string of the molecule is COc1cccc(OC)c1OCC(CS)C(C)(C)C. The summed E-state index contributed by atoms with van der Waals surface area (Å²) in [6, 6.07) is 5.61. The summed E-state index contributed by atoms with van der Waals surface area (Å²) in [6.45, 7) is 7.16. The quantitative estimate of drug-likeness (QED) is 0.808. The molecule has 3 nitrogen and oxygen atoms in total. The second-order valence-electron chi connectivity index (χ2n) is 5.55. The molecule has 0 N–H and O–H groups in total. The molecule has 0 spiro atoms. The molecule has 0 aromatic heterocycles. The van der Waals surface area contributed by atoms with E-state index in [1.807, 2.05) is 18.2 Å². The van der Waals surface area contributed by atoms with Crippen molar-refractivity contribution < 1.29 is 14.2 Å². The zero-order valence-corrected chi connectivity index (χ0v) is 13.3. The Morgan fingerprint density at radius 3 is 2.00 bits per heavy atom. The van der Waals surface area contributed by atoms with Crippen LogP contribution in [0.5, 0.6) is 17.2 Å². The third kappa shape index (κ3) is 4.23. The first-order valence-corrected chi connectivity index (χ1v) is 7.02. The van der Waals surface area contributed by atoms with Gasteiger partial charge in [0.05, 0.1) is 20.8 Å². The van der Waals surface area contributed by atoms with Crippen molar-refractivity contribution in [1.29, 1.82) is 0 Å². The van der Waals surface area contributed by atoms with Crippen molar-refractivity contribution in [3.63, 3.8) is 0 Å². The van der Waals surface area contributed by atoms with Crippen LogP contribution in [0.15, 0.2) is 18.2 Å². The van der Waals surface area contributed by atoms with E-state index in [2.05, 4.69) is 33.4 Å². The van der Waals surface area contributed by atoms with Crippen molar-refractivity contribution in [2.24, 2.45) is 11.3 Å². The lowest BCUT2D eigenvalue weighted by atomic mass is 9.82. The second kappa shape index (κ2) is 6.94. The topological polar surface area (TPSA) is 27.7 Å². The van der Waals surface area contributed by atoms with Gasteiger partial charge in [-0.2, -0.15) is 12.6 Å². The summed E-state index contributed by atoms with van der Waals surface area (Å²) >= 11 is 4.41. The average molecular weight is 284 g/mol. The van der Waals surface area contributed by atoms with E-state index >= 15 is 0 Å². The first kappa shape index (κ1) is 16.0. The van der Waals surface area contributed by atoms with Crippen molar-refractivity contribution >= 4 is 12.6 Å². The lowest BCUT2D eigenvalue weighted by Gasteiger charge is -2.29. The monoisotopic (exact) mass is 284 g/mol. The molecule has 0 aliphatic heterocycles. The largest absolute Gasteiger partial charge is 0.493 e. The molecule has 4 heteroatoms. The minimum absolute atomic E-state index is 0.150. The van der Waals surface area contributed by atoms with E-state index in [-0.39, 0.29) is 5.41 Å². The lowest BCUT2D eigenvalue weighted by molar-refractivity contribution is 0.157. The fourth-order valence-electron chi connectivity index (χ4n) is 1.72. The van der Waals surface area contributed by atoms with Gasteiger partial charge in [0.15, 0.2) is 11.5 Å². The van der Waals surface area contributed by atoms with Gasteiger partial charge in [-0.25, -0.2) is 0 Å². The number of methoxy groups -OCH3 is 2. The highest BCUT2D eigenvalue weighted by Crippen LogP contribution is 2.38. The van der Waals surface area contributed by atoms with Gasteiger partial charge in [0.25, 0.3) is 0 Å². The standard InChI is InChI=1S/C15H24O3S/c1-15(2,3)11(10-19)9-18-14-12(16-4)7-6-8-13(14)17-5/h6-8,11,19H,9-10H2,1-5H3. The Bertz CT molecular complexity index is 377. The number of thiol groups is 1. The van der Waals surface area contributed by atoms with Crippen molar-refractivity contribution in [2.75, 3.05) is 26.6 Å². The minimum Gasteiger partial charge on any atom is -0.493 e. The normalized spacial score (nSPS) is 12.9. The van der Waals surface area contributed by atoms with Crippen molar-refractivity contribution in [3.8, 4) is 17.2 Å². The van der Waals surface area contributed by atoms with Crippen LogP contribution in [0.25, 0.3) is 0 Å². The molecule has 0 aliphatic carbocycles. The van der Waals surface area contributed by atoms with Gasteiger partial charge < -0.3 is 14.2 Å². The molecule has 0 bridgehead atoms. The molecule has 0 fully saturated rings. The summed E-state index contributed by atoms with van der Waals surface area (Å²) in [5.74, 6) is 3.16. The summed E-state index contributed by atoms with van der Waals surface area (Å²) in [7, 11) is 3.25. The highest BCUT2D eigenvalue weighted by molar-refractivity contribution is 7.80. The van der Waals surface area contributed by atoms with Crippen LogP contribution in [0.3, 0.4) is 0 Å². The van der Waals surface area contributed by atoms with E-state index in [1.54, 1.807) is 14.2 Å². The molecule has 1 aromatic carbocycles. The van der Waals surface area contributed by atoms with Crippen LogP contribution in [-0.2, 0) is 0 Å². The van der Waals surface area contributed by atoms with E-state index in [9.17, 15) is 0 Å². The van der Waals surface area contributed by atoms with E-state index in [0.717, 1.165) is 5.75 Å². The number of ether oxygens (including phenoxy) is 3. The van der Waals surface area contributed by atoms with E-state index in [4.69, 9.17) is 14.2 Å². The Morgan fingerprint density at radius 1 is 1.11 bits per heavy atom. The molecule has 0 amide bonds. The summed E-state index contributed by atoms with van der Waals surface area (Å²) in [5, 5.41) is 0. The smallest absolute Gasteiger partial charge is 0.203 e. The van der Waals surface area contributed by atoms with Crippen LogP contribution in [0.2, 0.25) is 0 Å². The third-order valence-electron chi connectivity index (χ3n) is 3.26. The van der Waals surface area contributed by atoms with Gasteiger partial charge in [-0.3, -0.25) is 0 Å². The average Bonchev–Trinajstić information content (AvgIpc) is 2.37. The van der Waals surface area contributed by atoms with Crippen LogP contribution < -0.4 is 14.2 Å². The first-order chi connectivity index (χ1) is 8.93. The van der Waals surface area contributed by atoms with Crippen LogP contribution in [0.1, 0.15) is 20.8 Å². The predicted molar refractivity (Wildman–Crippen MR) is 81.8 cm³/mol. The molecule has 0 saturated heterocycles. The second-order valence-corrected chi connectivity index (χ2v) is 5.91. The molecule has 19 heavy (non-hydrogen) atoms. The number of para-hydroxylation sites is 1. The molecule has 1 aromatic rings. The zero-order valence-electron chi connectivity index (χ0n) is 12.4. The summed E-state index contributed by atoms with van der Waals surface area (Å²) < 4.78 is 16.6. The summed E-state index contributed by atoms with van der Waals surface area (Å²) in [4.78, 5) is 0. The van der Waals surface area contributed by atoms with Gasteiger partial charge in [0, 0.05) is 5.92 Å². The van der Waals surface area contributed by atoms with E-state index in [0.29, 0.717) is 29.8 Å². The fourth-order valence-corrected chi connectivity index (χ4v) is 2.37. The lowest BCUT2D eigenvalue weighted by Crippen LogP contribution is -2.28. The molecule has 0 heterocycles. The first-order valence-electron chi connectivity index (χ1n) is 6.38. The third-order valence-corrected chi connectivity index (χ3v) is 3.70. The van der Waals surface area contributed by atoms with Crippen LogP contribution in [0, 0.1) is 11.3 Å². The minimum atomic E-state index is 0.150. The number of hydrogen-bond acceptors (Lipinski definition) is 4. The van der Waals surface area contributed by atoms with E-state index < -0.39 is 0 Å². The van der Waals surface area contributed by atoms with Gasteiger partial charge in [0.1, 0.15) is 0 Å². The molecule has 0 aliphatic rings. The van der Waals surface area contributed by atoms with E-state index in [1.165, 1.54) is 0 Å². The van der Waals surface area contributed by atoms with Crippen LogP contribution in [-0.4, -0.2) is 26.6 Å². The maximum Gasteiger partial charge on any atom is 0.203 e. The zero-order chi connectivity index (χ0) is 14.5. The molecule has 1 rings (SSSR count). The van der Waals surface area contributed by atoms with Gasteiger partial charge in [-0.1, -0.05) is 26.8 Å². The predicted octanol–water partition coefficient (Wildman–Crippen LogP) is 3.67. The van der Waals surface area contributed by atoms with Gasteiger partial charge in [-0.15, -0.1) is 0 Å². The highest BCUT2D eigenvalue weighted by Gasteiger charge is 2.25. The van der Waals surface area contributed by atoms with Gasteiger partial charge in [-0.05, 0) is 23.3 Å². The molecule has 0 saturated carbocycles. The number of hydrogen-bond donors (Lipinski definition) is 1. The summed E-state index contributed by atoms with van der Waals surface area (Å²) in [5.41, 5.74) is 0.150. The molecular weight excluding hydrogens is 260 g/mol. The van der Waals surface area contributed by atoms with Crippen LogP contribution >= 0.6 is 12.6 Å². The Labute approximate surface area is 121 Å². The van der Waals surface area contributed by atoms with Crippen molar-refractivity contribution in [1.82, 2.24) is 0 Å². The molecule has 108 valence electrons. The maximum atomic E-state index is 5.93. The number of benzene rings is 1. The van der Waals surface area contributed by atoms with Crippen molar-refractivity contribution in [3.05, 3.63) is 18.2 Å². The summed E-state index contributed by atoms with van der Waals surface area (Å²) in [6.07, 6.45) is 0. The number of rotatable bonds is 6. The van der Waals surface area contributed by atoms with Gasteiger partial charge >= 0.3 is 0 Å². The Kier molecular flexibility index (Phi) is 5.85. The molecule has 1 unspecified atom stereocenters. The Morgan fingerprint density at radius 2 is 1.63 bits per heavy atom. The van der Waals surface area contributed by atoms with Gasteiger partial charge in [0.2, 0.25) is 5.75 Å². The van der Waals surface area contributed by atoms with Crippen LogP contribution in [0.4, 0.5) is 0 Å². The highest BCUT2D eigenvalue weighted by atomic mass is 32.1. The maximum absolute atomic E-state index is 5.93. The molecule has 1 atom stereocenters. The molecular formula is C15H24O3S. The van der Waals surface area contributed by atoms with Crippen molar-refractivity contribution in [2.45, 2.75) is 20.8 Å². The Hall–Kier alpha value is -1.03. The molecule has 0 radical (unpaired) electrons. The fraction of sp³-hybridized carbons (Fsp3) is 0.600.